The molecule has 8 heteroatoms. The standard InChI is InChI=1S/C11H20N4O2S2/c1-5-15-7-10(13-9(15)3)19(16,17)14(4)6-8(2)11(12)18/h7-8H,5-6H2,1-4H3,(H2,12,18). The predicted octanol–water partition coefficient (Wildman–Crippen LogP) is 0.754. The molecular formula is C11H20N4O2S2. The maximum atomic E-state index is 12.3. The van der Waals surface area contributed by atoms with E-state index in [4.69, 9.17) is 18.0 Å². The van der Waals surface area contributed by atoms with Crippen LogP contribution < -0.4 is 5.73 Å². The molecule has 0 aromatic carbocycles. The molecule has 6 nitrogen and oxygen atoms in total. The molecule has 0 aliphatic carbocycles. The molecule has 2 N–H and O–H groups in total. The smallest absolute Gasteiger partial charge is 0.261 e. The minimum Gasteiger partial charge on any atom is -0.393 e. The summed E-state index contributed by atoms with van der Waals surface area (Å²) in [5.41, 5.74) is 5.51. The number of aromatic nitrogens is 2. The topological polar surface area (TPSA) is 81.2 Å². The Morgan fingerprint density at radius 3 is 2.63 bits per heavy atom. The van der Waals surface area contributed by atoms with Crippen LogP contribution in [0.3, 0.4) is 0 Å². The van der Waals surface area contributed by atoms with E-state index in [-0.39, 0.29) is 17.5 Å². The van der Waals surface area contributed by atoms with Crippen LogP contribution in [0, 0.1) is 12.8 Å². The largest absolute Gasteiger partial charge is 0.393 e. The Labute approximate surface area is 119 Å². The van der Waals surface area contributed by atoms with Crippen molar-refractivity contribution >= 4 is 27.2 Å². The normalized spacial score (nSPS) is 13.7. The van der Waals surface area contributed by atoms with Crippen LogP contribution in [0.4, 0.5) is 0 Å². The zero-order valence-corrected chi connectivity index (χ0v) is 13.3. The number of sulfonamides is 1. The van der Waals surface area contributed by atoms with Crippen LogP contribution in [-0.2, 0) is 16.6 Å². The lowest BCUT2D eigenvalue weighted by atomic mass is 10.2. The Hall–Kier alpha value is -0.990. The molecule has 1 aromatic heterocycles. The van der Waals surface area contributed by atoms with Crippen molar-refractivity contribution in [3.8, 4) is 0 Å². The molecule has 1 atom stereocenters. The van der Waals surface area contributed by atoms with E-state index in [1.165, 1.54) is 11.4 Å². The van der Waals surface area contributed by atoms with E-state index in [1.54, 1.807) is 24.6 Å². The summed E-state index contributed by atoms with van der Waals surface area (Å²) in [6, 6.07) is 0. The highest BCUT2D eigenvalue weighted by atomic mass is 32.2. The molecule has 0 radical (unpaired) electrons. The van der Waals surface area contributed by atoms with Crippen molar-refractivity contribution in [3.63, 3.8) is 0 Å². The molecule has 1 heterocycles. The Morgan fingerprint density at radius 2 is 2.21 bits per heavy atom. The lowest BCUT2D eigenvalue weighted by Crippen LogP contribution is -2.35. The van der Waals surface area contributed by atoms with Gasteiger partial charge in [-0.3, -0.25) is 0 Å². The molecule has 0 spiro atoms. The van der Waals surface area contributed by atoms with Crippen LogP contribution in [0.5, 0.6) is 0 Å². The molecule has 0 aliphatic heterocycles. The van der Waals surface area contributed by atoms with E-state index in [0.717, 1.165) is 0 Å². The van der Waals surface area contributed by atoms with Crippen LogP contribution in [0.1, 0.15) is 19.7 Å². The average Bonchev–Trinajstić information content (AvgIpc) is 2.70. The monoisotopic (exact) mass is 304 g/mol. The number of nitrogens with zero attached hydrogens (tertiary/aromatic N) is 3. The highest BCUT2D eigenvalue weighted by Crippen LogP contribution is 2.15. The van der Waals surface area contributed by atoms with Gasteiger partial charge in [-0.1, -0.05) is 19.1 Å². The first-order chi connectivity index (χ1) is 8.70. The van der Waals surface area contributed by atoms with Gasteiger partial charge in [-0.2, -0.15) is 4.31 Å². The Kier molecular flexibility index (Phi) is 5.05. The van der Waals surface area contributed by atoms with Gasteiger partial charge in [0.05, 0.1) is 4.99 Å². The molecule has 19 heavy (non-hydrogen) atoms. The van der Waals surface area contributed by atoms with E-state index in [9.17, 15) is 8.42 Å². The minimum absolute atomic E-state index is 0.0597. The van der Waals surface area contributed by atoms with E-state index in [0.29, 0.717) is 17.4 Å². The molecule has 0 bridgehead atoms. The van der Waals surface area contributed by atoms with E-state index in [2.05, 4.69) is 4.98 Å². The van der Waals surface area contributed by atoms with Crippen molar-refractivity contribution in [2.45, 2.75) is 32.3 Å². The number of thiocarbonyl (C=S) groups is 1. The Bertz CT molecular complexity index is 565. The molecule has 1 unspecified atom stereocenters. The van der Waals surface area contributed by atoms with Crippen molar-refractivity contribution < 1.29 is 8.42 Å². The molecule has 0 saturated carbocycles. The van der Waals surface area contributed by atoms with Crippen LogP contribution >= 0.6 is 12.2 Å². The molecule has 1 aromatic rings. The second-order valence-corrected chi connectivity index (χ2v) is 6.96. The Morgan fingerprint density at radius 1 is 1.63 bits per heavy atom. The van der Waals surface area contributed by atoms with Gasteiger partial charge in [0.1, 0.15) is 5.82 Å². The summed E-state index contributed by atoms with van der Waals surface area (Å²) < 4.78 is 27.7. The second kappa shape index (κ2) is 5.98. The number of hydrogen-bond donors (Lipinski definition) is 1. The van der Waals surface area contributed by atoms with Crippen molar-refractivity contribution in [2.75, 3.05) is 13.6 Å². The summed E-state index contributed by atoms with van der Waals surface area (Å²) in [7, 11) is -2.09. The molecule has 0 fully saturated rings. The molecular weight excluding hydrogens is 284 g/mol. The van der Waals surface area contributed by atoms with Gasteiger partial charge in [-0.15, -0.1) is 0 Å². The van der Waals surface area contributed by atoms with Gasteiger partial charge in [0, 0.05) is 32.3 Å². The average molecular weight is 304 g/mol. The first-order valence-electron chi connectivity index (χ1n) is 5.99. The third kappa shape index (κ3) is 3.52. The molecule has 0 aliphatic rings. The minimum atomic E-state index is -3.59. The van der Waals surface area contributed by atoms with Gasteiger partial charge in [0.2, 0.25) is 0 Å². The number of hydrogen-bond acceptors (Lipinski definition) is 4. The fourth-order valence-corrected chi connectivity index (χ4v) is 2.98. The summed E-state index contributed by atoms with van der Waals surface area (Å²) in [4.78, 5) is 4.40. The van der Waals surface area contributed by atoms with E-state index >= 15 is 0 Å². The molecule has 0 saturated heterocycles. The first-order valence-corrected chi connectivity index (χ1v) is 7.84. The summed E-state index contributed by atoms with van der Waals surface area (Å²) in [6.07, 6.45) is 1.55. The zero-order valence-electron chi connectivity index (χ0n) is 11.6. The van der Waals surface area contributed by atoms with Crippen LogP contribution in [-0.4, -0.2) is 40.9 Å². The van der Waals surface area contributed by atoms with E-state index in [1.807, 2.05) is 6.92 Å². The highest BCUT2D eigenvalue weighted by Gasteiger charge is 2.26. The molecule has 1 rings (SSSR count). The number of imidazole rings is 1. The van der Waals surface area contributed by atoms with Gasteiger partial charge in [0.25, 0.3) is 10.0 Å². The van der Waals surface area contributed by atoms with Crippen molar-refractivity contribution in [1.82, 2.24) is 13.9 Å². The maximum absolute atomic E-state index is 12.3. The van der Waals surface area contributed by atoms with Crippen molar-refractivity contribution in [1.29, 1.82) is 0 Å². The van der Waals surface area contributed by atoms with Crippen LogP contribution in [0.25, 0.3) is 0 Å². The van der Waals surface area contributed by atoms with Gasteiger partial charge in [-0.05, 0) is 13.8 Å². The van der Waals surface area contributed by atoms with Gasteiger partial charge in [-0.25, -0.2) is 13.4 Å². The zero-order chi connectivity index (χ0) is 14.8. The first kappa shape index (κ1) is 16.1. The third-order valence-electron chi connectivity index (χ3n) is 2.99. The number of rotatable bonds is 6. The van der Waals surface area contributed by atoms with E-state index < -0.39 is 10.0 Å². The fourth-order valence-electron chi connectivity index (χ4n) is 1.66. The molecule has 0 amide bonds. The SMILES string of the molecule is CCn1cc(S(=O)(=O)N(C)CC(C)C(N)=S)nc1C. The second-order valence-electron chi connectivity index (χ2n) is 4.50. The Balaban J connectivity index is 2.99. The number of aryl methyl sites for hydroxylation is 2. The quantitative estimate of drug-likeness (QED) is 0.785. The molecule has 108 valence electrons. The lowest BCUT2D eigenvalue weighted by molar-refractivity contribution is 0.443. The predicted molar refractivity (Wildman–Crippen MR) is 78.4 cm³/mol. The summed E-state index contributed by atoms with van der Waals surface area (Å²) in [6.45, 7) is 6.44. The van der Waals surface area contributed by atoms with Gasteiger partial charge in [0.15, 0.2) is 5.03 Å². The summed E-state index contributed by atoms with van der Waals surface area (Å²) in [5.74, 6) is 0.501. The van der Waals surface area contributed by atoms with Gasteiger partial charge >= 0.3 is 0 Å². The van der Waals surface area contributed by atoms with Crippen LogP contribution in [0.15, 0.2) is 11.2 Å². The van der Waals surface area contributed by atoms with Gasteiger partial charge < -0.3 is 10.3 Å². The summed E-state index contributed by atoms with van der Waals surface area (Å²) in [5, 5.41) is 0.0597. The summed E-state index contributed by atoms with van der Waals surface area (Å²) >= 11 is 4.86. The third-order valence-corrected chi connectivity index (χ3v) is 5.08. The van der Waals surface area contributed by atoms with Crippen molar-refractivity contribution in [3.05, 3.63) is 12.0 Å². The lowest BCUT2D eigenvalue weighted by Gasteiger charge is -2.19. The number of nitrogens with two attached hydrogens (primary N) is 1. The highest BCUT2D eigenvalue weighted by molar-refractivity contribution is 7.89. The fraction of sp³-hybridized carbons (Fsp3) is 0.636. The maximum Gasteiger partial charge on any atom is 0.261 e. The van der Waals surface area contributed by atoms with Crippen molar-refractivity contribution in [2.24, 2.45) is 11.7 Å². The van der Waals surface area contributed by atoms with Crippen LogP contribution in [0.2, 0.25) is 0 Å².